The van der Waals surface area contributed by atoms with Gasteiger partial charge in [0.15, 0.2) is 14.4 Å². The third-order valence-electron chi connectivity index (χ3n) is 8.27. The second-order valence-electron chi connectivity index (χ2n) is 9.98. The van der Waals surface area contributed by atoms with Gasteiger partial charge >= 0.3 is 5.63 Å². The van der Waals surface area contributed by atoms with E-state index in [0.717, 1.165) is 49.9 Å². The average Bonchev–Trinajstić information content (AvgIpc) is 3.33. The summed E-state index contributed by atoms with van der Waals surface area (Å²) in [4.78, 5) is 11.9. The lowest BCUT2D eigenvalue weighted by atomic mass is 9.85. The van der Waals surface area contributed by atoms with Gasteiger partial charge in [-0.3, -0.25) is 0 Å². The third kappa shape index (κ3) is 4.86. The molecule has 0 bridgehead atoms. The highest BCUT2D eigenvalue weighted by Gasteiger charge is 2.59. The maximum atomic E-state index is 11.9. The van der Waals surface area contributed by atoms with E-state index in [0.29, 0.717) is 16.7 Å². The van der Waals surface area contributed by atoms with Crippen LogP contribution in [-0.2, 0) is 18.4 Å². The molecule has 1 aromatic carbocycles. The lowest BCUT2D eigenvalue weighted by Crippen LogP contribution is -2.67. The maximum absolute atomic E-state index is 11.9. The first kappa shape index (κ1) is 27.5. The highest BCUT2D eigenvalue weighted by atomic mass is 31.0. The zero-order valence-corrected chi connectivity index (χ0v) is 24.0. The Hall–Kier alpha value is -1.48. The average molecular weight is 539 g/mol. The van der Waals surface area contributed by atoms with Gasteiger partial charge in [-0.15, -0.1) is 0 Å². The normalized spacial score (nSPS) is 26.1. The summed E-state index contributed by atoms with van der Waals surface area (Å²) in [5.74, 6) is 0.360. The number of methoxy groups -OCH3 is 1. The van der Waals surface area contributed by atoms with E-state index in [-0.39, 0.29) is 23.5 Å². The van der Waals surface area contributed by atoms with Crippen molar-refractivity contribution < 1.29 is 32.7 Å². The molecule has 1 saturated heterocycles. The molecule has 0 radical (unpaired) electrons. The fraction of sp³-hybridized carbons (Fsp3) is 0.654. The standard InChI is InChI=1S/C26H39O8PSi/c1-6-36(7-2,8-3)34-22-23(33-35)25(32-26(24(22)29-5)13-9-10-14-26)30-19-12-11-17-18(27)15-20(28)31-21(17)16(19)4/h11-12,15,22-25,27H,6-10,13-14,35H2,1-5H3/t22-,23?,24?,25?/m0/s1. The van der Waals surface area contributed by atoms with Crippen LogP contribution in [0.25, 0.3) is 11.0 Å². The van der Waals surface area contributed by atoms with E-state index in [9.17, 15) is 9.90 Å². The summed E-state index contributed by atoms with van der Waals surface area (Å²) in [5.41, 5.74) is -0.280. The molecule has 4 unspecified atom stereocenters. The maximum Gasteiger partial charge on any atom is 0.339 e. The van der Waals surface area contributed by atoms with E-state index in [1.54, 1.807) is 26.2 Å². The zero-order valence-electron chi connectivity index (χ0n) is 21.9. The number of ether oxygens (including phenoxy) is 3. The first-order chi connectivity index (χ1) is 17.3. The van der Waals surface area contributed by atoms with Crippen LogP contribution >= 0.6 is 9.47 Å². The Labute approximate surface area is 216 Å². The van der Waals surface area contributed by atoms with Gasteiger partial charge in [-0.05, 0) is 50.0 Å². The van der Waals surface area contributed by atoms with Crippen molar-refractivity contribution >= 4 is 28.8 Å². The first-order valence-electron chi connectivity index (χ1n) is 12.9. The molecule has 36 heavy (non-hydrogen) atoms. The van der Waals surface area contributed by atoms with Gasteiger partial charge in [0.05, 0.1) is 11.5 Å². The summed E-state index contributed by atoms with van der Waals surface area (Å²) < 4.78 is 37.7. The monoisotopic (exact) mass is 538 g/mol. The SMILES string of the molecule is CC[Si](CC)(CC)O[C@H]1C(OP)C(Oc2ccc3c(O)cc(=O)oc3c2C)OC2(CCCC2)C1OC. The van der Waals surface area contributed by atoms with E-state index in [1.165, 1.54) is 0 Å². The molecular formula is C26H39O8PSi. The fourth-order valence-electron chi connectivity index (χ4n) is 5.95. The summed E-state index contributed by atoms with van der Waals surface area (Å²) in [6, 6.07) is 7.50. The predicted molar refractivity (Wildman–Crippen MR) is 143 cm³/mol. The summed E-state index contributed by atoms with van der Waals surface area (Å²) in [5, 5.41) is 10.6. The van der Waals surface area contributed by atoms with Gasteiger partial charge in [-0.2, -0.15) is 0 Å². The highest BCUT2D eigenvalue weighted by Crippen LogP contribution is 2.47. The predicted octanol–water partition coefficient (Wildman–Crippen LogP) is 5.44. The topological polar surface area (TPSA) is 96.6 Å². The Bertz CT molecular complexity index is 1100. The van der Waals surface area contributed by atoms with Gasteiger partial charge in [-0.25, -0.2) is 4.79 Å². The Morgan fingerprint density at radius 2 is 1.81 bits per heavy atom. The van der Waals surface area contributed by atoms with Crippen LogP contribution in [0.15, 0.2) is 27.4 Å². The molecule has 2 aliphatic rings. The Kier molecular flexibility index (Phi) is 8.49. The molecule has 5 atom stereocenters. The summed E-state index contributed by atoms with van der Waals surface area (Å²) in [6.45, 7) is 8.41. The minimum atomic E-state index is -2.03. The molecule has 1 aliphatic heterocycles. The molecule has 0 amide bonds. The molecule has 1 aliphatic carbocycles. The van der Waals surface area contributed by atoms with Gasteiger partial charge in [-0.1, -0.05) is 33.6 Å². The molecule has 8 nitrogen and oxygen atoms in total. The molecular weight excluding hydrogens is 499 g/mol. The van der Waals surface area contributed by atoms with Gasteiger partial charge in [0.1, 0.15) is 34.9 Å². The fourth-order valence-corrected chi connectivity index (χ4v) is 9.06. The molecule has 1 aromatic heterocycles. The number of hydrogen-bond acceptors (Lipinski definition) is 8. The van der Waals surface area contributed by atoms with Gasteiger partial charge < -0.3 is 32.7 Å². The number of benzene rings is 1. The lowest BCUT2D eigenvalue weighted by molar-refractivity contribution is -0.305. The minimum absolute atomic E-state index is 0.128. The molecule has 1 spiro atoms. The van der Waals surface area contributed by atoms with E-state index >= 15 is 0 Å². The van der Waals surface area contributed by atoms with Crippen molar-refractivity contribution in [3.05, 3.63) is 34.2 Å². The number of aryl methyl sites for hydroxylation is 1. The van der Waals surface area contributed by atoms with Crippen LogP contribution in [0.1, 0.15) is 52.0 Å². The molecule has 2 heterocycles. The molecule has 200 valence electrons. The van der Waals surface area contributed by atoms with Crippen molar-refractivity contribution in [3.63, 3.8) is 0 Å². The second kappa shape index (κ2) is 11.1. The number of rotatable bonds is 9. The third-order valence-corrected chi connectivity index (χ3v) is 13.2. The van der Waals surface area contributed by atoms with Crippen molar-refractivity contribution in [3.8, 4) is 11.5 Å². The van der Waals surface area contributed by atoms with Crippen LogP contribution in [0, 0.1) is 6.92 Å². The Balaban J connectivity index is 1.75. The minimum Gasteiger partial charge on any atom is -0.507 e. The molecule has 1 N–H and O–H groups in total. The number of fused-ring (bicyclic) bond motifs is 1. The Morgan fingerprint density at radius 1 is 1.14 bits per heavy atom. The van der Waals surface area contributed by atoms with Crippen LogP contribution in [0.5, 0.6) is 11.5 Å². The number of hydrogen-bond donors (Lipinski definition) is 1. The number of aromatic hydroxyl groups is 1. The summed E-state index contributed by atoms with van der Waals surface area (Å²) >= 11 is 0. The Morgan fingerprint density at radius 3 is 2.39 bits per heavy atom. The highest BCUT2D eigenvalue weighted by molar-refractivity contribution is 7.09. The van der Waals surface area contributed by atoms with Gasteiger partial charge in [0, 0.05) is 22.1 Å². The quantitative estimate of drug-likeness (QED) is 0.256. The van der Waals surface area contributed by atoms with Crippen molar-refractivity contribution in [1.82, 2.24) is 0 Å². The molecule has 4 rings (SSSR count). The van der Waals surface area contributed by atoms with Crippen LogP contribution in [0.2, 0.25) is 18.1 Å². The van der Waals surface area contributed by atoms with E-state index in [1.807, 2.05) is 0 Å². The van der Waals surface area contributed by atoms with Crippen LogP contribution < -0.4 is 10.4 Å². The van der Waals surface area contributed by atoms with Crippen molar-refractivity contribution in [2.24, 2.45) is 0 Å². The van der Waals surface area contributed by atoms with Gasteiger partial charge in [0.25, 0.3) is 0 Å². The van der Waals surface area contributed by atoms with E-state index in [2.05, 4.69) is 30.2 Å². The molecule has 10 heteroatoms. The first-order valence-corrected chi connectivity index (χ1v) is 15.9. The summed E-state index contributed by atoms with van der Waals surface area (Å²) in [6.07, 6.45) is 1.82. The van der Waals surface area contributed by atoms with Crippen LogP contribution in [0.3, 0.4) is 0 Å². The van der Waals surface area contributed by atoms with Crippen molar-refractivity contribution in [2.75, 3.05) is 7.11 Å². The smallest absolute Gasteiger partial charge is 0.339 e. The molecule has 1 saturated carbocycles. The largest absolute Gasteiger partial charge is 0.507 e. The summed E-state index contributed by atoms with van der Waals surface area (Å²) in [7, 11) is 2.05. The van der Waals surface area contributed by atoms with Crippen molar-refractivity contribution in [1.29, 1.82) is 0 Å². The lowest BCUT2D eigenvalue weighted by Gasteiger charge is -2.52. The van der Waals surface area contributed by atoms with Gasteiger partial charge in [0.2, 0.25) is 6.29 Å². The van der Waals surface area contributed by atoms with Crippen LogP contribution in [0.4, 0.5) is 0 Å². The van der Waals surface area contributed by atoms with E-state index in [4.69, 9.17) is 27.6 Å². The van der Waals surface area contributed by atoms with Crippen molar-refractivity contribution in [2.45, 2.75) is 102 Å². The van der Waals surface area contributed by atoms with Crippen LogP contribution in [-0.4, -0.2) is 50.7 Å². The molecule has 2 aromatic rings. The second-order valence-corrected chi connectivity index (χ2v) is 15.0. The van der Waals surface area contributed by atoms with E-state index < -0.39 is 31.9 Å². The molecule has 2 fully saturated rings. The zero-order chi connectivity index (χ0) is 26.1.